The third-order valence-corrected chi connectivity index (χ3v) is 5.92. The van der Waals surface area contributed by atoms with E-state index in [-0.39, 0.29) is 11.6 Å². The Morgan fingerprint density at radius 2 is 1.90 bits per heavy atom. The largest absolute Gasteiger partial charge is 0.306 e. The van der Waals surface area contributed by atoms with Gasteiger partial charge >= 0.3 is 0 Å². The summed E-state index contributed by atoms with van der Waals surface area (Å²) in [6.07, 6.45) is 5.60. The van der Waals surface area contributed by atoms with Crippen LogP contribution in [0.3, 0.4) is 0 Å². The normalized spacial score (nSPS) is 16.1. The zero-order valence-corrected chi connectivity index (χ0v) is 17.0. The molecule has 3 aromatic heterocycles. The third-order valence-electron chi connectivity index (χ3n) is 5.92. The number of aryl methyl sites for hydroxylation is 2. The van der Waals surface area contributed by atoms with Crippen molar-refractivity contribution < 1.29 is 0 Å². The molecular formula is C22H24N6O. The number of hydrogen-bond donors (Lipinski definition) is 0. The maximum atomic E-state index is 13.1. The van der Waals surface area contributed by atoms with Crippen molar-refractivity contribution in [2.45, 2.75) is 32.7 Å². The molecular weight excluding hydrogens is 364 g/mol. The van der Waals surface area contributed by atoms with Crippen LogP contribution in [0.5, 0.6) is 0 Å². The van der Waals surface area contributed by atoms with E-state index in [4.69, 9.17) is 5.10 Å². The lowest BCUT2D eigenvalue weighted by molar-refractivity contribution is 0.218. The Morgan fingerprint density at radius 3 is 2.69 bits per heavy atom. The number of benzene rings is 1. The molecule has 148 valence electrons. The quantitative estimate of drug-likeness (QED) is 0.528. The molecule has 1 fully saturated rings. The fourth-order valence-corrected chi connectivity index (χ4v) is 4.26. The van der Waals surface area contributed by atoms with Gasteiger partial charge in [-0.1, -0.05) is 6.07 Å². The van der Waals surface area contributed by atoms with Crippen molar-refractivity contribution in [3.63, 3.8) is 0 Å². The summed E-state index contributed by atoms with van der Waals surface area (Å²) in [5.41, 5.74) is 5.41. The van der Waals surface area contributed by atoms with Crippen LogP contribution in [0, 0.1) is 13.8 Å². The van der Waals surface area contributed by atoms with Crippen LogP contribution in [0.25, 0.3) is 27.7 Å². The number of likely N-dealkylation sites (tertiary alicyclic amines) is 1. The topological polar surface area (TPSA) is 68.3 Å². The lowest BCUT2D eigenvalue weighted by Gasteiger charge is -2.30. The summed E-state index contributed by atoms with van der Waals surface area (Å²) in [4.78, 5) is 24.5. The molecule has 4 heterocycles. The van der Waals surface area contributed by atoms with Crippen LogP contribution in [0.15, 0.2) is 41.6 Å². The van der Waals surface area contributed by atoms with Crippen LogP contribution >= 0.6 is 0 Å². The van der Waals surface area contributed by atoms with Crippen LogP contribution in [0.4, 0.5) is 0 Å². The summed E-state index contributed by atoms with van der Waals surface area (Å²) in [6.45, 7) is 5.97. The molecule has 1 saturated heterocycles. The van der Waals surface area contributed by atoms with Crippen molar-refractivity contribution >= 4 is 16.4 Å². The van der Waals surface area contributed by atoms with Crippen molar-refractivity contribution in [1.82, 2.24) is 29.0 Å². The molecule has 0 atom stereocenters. The van der Waals surface area contributed by atoms with Gasteiger partial charge < -0.3 is 4.90 Å². The minimum absolute atomic E-state index is 0.0433. The molecule has 5 rings (SSSR count). The van der Waals surface area contributed by atoms with Gasteiger partial charge in [0, 0.05) is 11.6 Å². The number of piperidine rings is 1. The van der Waals surface area contributed by atoms with Crippen molar-refractivity contribution in [1.29, 1.82) is 0 Å². The van der Waals surface area contributed by atoms with Gasteiger partial charge in [-0.3, -0.25) is 14.3 Å². The van der Waals surface area contributed by atoms with Gasteiger partial charge in [-0.2, -0.15) is 5.10 Å². The molecule has 7 heteroatoms. The summed E-state index contributed by atoms with van der Waals surface area (Å²) in [5, 5.41) is 5.35. The number of fused-ring (bicyclic) bond motifs is 2. The predicted octanol–water partition coefficient (Wildman–Crippen LogP) is 2.99. The second kappa shape index (κ2) is 6.77. The summed E-state index contributed by atoms with van der Waals surface area (Å²) >= 11 is 0. The van der Waals surface area contributed by atoms with Gasteiger partial charge in [0.1, 0.15) is 0 Å². The van der Waals surface area contributed by atoms with Gasteiger partial charge in [-0.15, -0.1) is 0 Å². The Bertz CT molecular complexity index is 1280. The molecule has 0 bridgehead atoms. The van der Waals surface area contributed by atoms with Gasteiger partial charge in [0.15, 0.2) is 0 Å². The first-order valence-corrected chi connectivity index (χ1v) is 10.0. The molecule has 1 aliphatic heterocycles. The average molecular weight is 388 g/mol. The molecule has 0 unspecified atom stereocenters. The van der Waals surface area contributed by atoms with Gasteiger partial charge in [-0.05, 0) is 65.0 Å². The van der Waals surface area contributed by atoms with Crippen molar-refractivity contribution in [2.24, 2.45) is 0 Å². The molecule has 4 aromatic rings. The number of hydrogen-bond acceptors (Lipinski definition) is 5. The zero-order chi connectivity index (χ0) is 20.1. The summed E-state index contributed by atoms with van der Waals surface area (Å²) in [7, 11) is 2.12. The standard InChI is InChI=1S/C22H24N6O/c1-14-12-28-21(15(2)24-14)11-19(25-28)16-4-5-18-20(10-16)23-13-27(22(18)29)17-6-8-26(3)9-7-17/h4-5,10-13,17H,6-9H2,1-3H3. The van der Waals surface area contributed by atoms with Crippen LogP contribution in [-0.2, 0) is 0 Å². The number of nitrogens with zero attached hydrogens (tertiary/aromatic N) is 6. The maximum absolute atomic E-state index is 13.1. The molecule has 0 N–H and O–H groups in total. The zero-order valence-electron chi connectivity index (χ0n) is 17.0. The summed E-state index contributed by atoms with van der Waals surface area (Å²) < 4.78 is 3.68. The number of aromatic nitrogens is 5. The minimum Gasteiger partial charge on any atom is -0.306 e. The molecule has 1 aromatic carbocycles. The second-order valence-corrected chi connectivity index (χ2v) is 8.05. The highest BCUT2D eigenvalue weighted by atomic mass is 16.1. The van der Waals surface area contributed by atoms with E-state index < -0.39 is 0 Å². The van der Waals surface area contributed by atoms with Crippen LogP contribution in [0.1, 0.15) is 30.3 Å². The molecule has 7 nitrogen and oxygen atoms in total. The Labute approximate surface area is 168 Å². The van der Waals surface area contributed by atoms with E-state index in [1.807, 2.05) is 53.4 Å². The number of rotatable bonds is 2. The predicted molar refractivity (Wildman–Crippen MR) is 113 cm³/mol. The molecule has 0 saturated carbocycles. The van der Waals surface area contributed by atoms with E-state index in [0.29, 0.717) is 10.9 Å². The highest BCUT2D eigenvalue weighted by molar-refractivity contribution is 5.83. The molecule has 0 amide bonds. The Morgan fingerprint density at radius 1 is 1.10 bits per heavy atom. The highest BCUT2D eigenvalue weighted by Gasteiger charge is 2.20. The van der Waals surface area contributed by atoms with Crippen LogP contribution < -0.4 is 5.56 Å². The molecule has 0 aliphatic carbocycles. The first-order valence-electron chi connectivity index (χ1n) is 10.0. The molecule has 0 spiro atoms. The Kier molecular flexibility index (Phi) is 4.20. The molecule has 29 heavy (non-hydrogen) atoms. The summed E-state index contributed by atoms with van der Waals surface area (Å²) in [6, 6.07) is 8.05. The van der Waals surface area contributed by atoms with Gasteiger partial charge in [0.2, 0.25) is 0 Å². The van der Waals surface area contributed by atoms with E-state index in [1.54, 1.807) is 6.33 Å². The van der Waals surface area contributed by atoms with E-state index >= 15 is 0 Å². The van der Waals surface area contributed by atoms with E-state index in [9.17, 15) is 4.79 Å². The SMILES string of the molecule is Cc1cn2nc(-c3ccc4c(=O)n(C5CCN(C)CC5)cnc4c3)cc2c(C)n1. The van der Waals surface area contributed by atoms with Gasteiger partial charge in [0.05, 0.1) is 46.0 Å². The lowest BCUT2D eigenvalue weighted by atomic mass is 10.0. The lowest BCUT2D eigenvalue weighted by Crippen LogP contribution is -2.35. The van der Waals surface area contributed by atoms with Crippen molar-refractivity contribution in [3.8, 4) is 11.3 Å². The smallest absolute Gasteiger partial charge is 0.261 e. The van der Waals surface area contributed by atoms with Crippen molar-refractivity contribution in [3.05, 3.63) is 58.5 Å². The fraction of sp³-hybridized carbons (Fsp3) is 0.364. The first-order chi connectivity index (χ1) is 14.0. The highest BCUT2D eigenvalue weighted by Crippen LogP contribution is 2.25. The maximum Gasteiger partial charge on any atom is 0.261 e. The monoisotopic (exact) mass is 388 g/mol. The van der Waals surface area contributed by atoms with E-state index in [1.165, 1.54) is 0 Å². The molecule has 1 aliphatic rings. The molecule has 0 radical (unpaired) electrons. The van der Waals surface area contributed by atoms with Gasteiger partial charge in [0.25, 0.3) is 5.56 Å². The van der Waals surface area contributed by atoms with E-state index in [2.05, 4.69) is 21.9 Å². The van der Waals surface area contributed by atoms with Crippen molar-refractivity contribution in [2.75, 3.05) is 20.1 Å². The average Bonchev–Trinajstić information content (AvgIpc) is 3.13. The fourth-order valence-electron chi connectivity index (χ4n) is 4.26. The second-order valence-electron chi connectivity index (χ2n) is 8.05. The van der Waals surface area contributed by atoms with E-state index in [0.717, 1.165) is 54.1 Å². The van der Waals surface area contributed by atoms with Gasteiger partial charge in [-0.25, -0.2) is 9.50 Å². The Hall–Kier alpha value is -3.06. The van der Waals surface area contributed by atoms with Crippen LogP contribution in [0.2, 0.25) is 0 Å². The third kappa shape index (κ3) is 3.11. The first kappa shape index (κ1) is 18.0. The summed E-state index contributed by atoms with van der Waals surface area (Å²) in [5.74, 6) is 0. The minimum atomic E-state index is 0.0433. The Balaban J connectivity index is 1.55. The van der Waals surface area contributed by atoms with Crippen LogP contribution in [-0.4, -0.2) is 49.2 Å².